The van der Waals surface area contributed by atoms with Crippen molar-refractivity contribution in [3.8, 4) is 6.07 Å². The molecule has 24 heavy (non-hydrogen) atoms. The Morgan fingerprint density at radius 3 is 1.96 bits per heavy atom. The topological polar surface area (TPSA) is 104 Å². The van der Waals surface area contributed by atoms with Gasteiger partial charge in [0.15, 0.2) is 23.3 Å². The lowest BCUT2D eigenvalue weighted by atomic mass is 10.1. The Labute approximate surface area is 136 Å². The Morgan fingerprint density at radius 1 is 1.08 bits per heavy atom. The normalized spacial score (nSPS) is 11.5. The molecular formula is C11H8F5N3O3S2. The number of primary amides is 1. The number of rotatable bonds is 7. The van der Waals surface area contributed by atoms with Crippen molar-refractivity contribution in [2.75, 3.05) is 12.3 Å². The fourth-order valence-corrected chi connectivity index (χ4v) is 3.94. The average molecular weight is 389 g/mol. The maximum Gasteiger partial charge on any atom is 0.269 e. The van der Waals surface area contributed by atoms with Crippen LogP contribution in [0.25, 0.3) is 0 Å². The summed E-state index contributed by atoms with van der Waals surface area (Å²) in [5.74, 6) is -13.1. The van der Waals surface area contributed by atoms with Crippen LogP contribution in [0.1, 0.15) is 5.56 Å². The van der Waals surface area contributed by atoms with Crippen molar-refractivity contribution in [3.05, 3.63) is 34.6 Å². The Kier molecular flexibility index (Phi) is 6.52. The molecule has 1 aromatic rings. The second kappa shape index (κ2) is 7.77. The number of hydrogen-bond acceptors (Lipinski definition) is 5. The summed E-state index contributed by atoms with van der Waals surface area (Å²) in [6.07, 6.45) is 0. The van der Waals surface area contributed by atoms with Crippen LogP contribution in [0.15, 0.2) is 0 Å². The SMILES string of the molecule is N#CCN(Cc1c(F)c(F)c(F)c(F)c1F)S(=O)(=O)SCC(N)=O. The van der Waals surface area contributed by atoms with Crippen LogP contribution in [-0.2, 0) is 20.4 Å². The number of hydrogen-bond donors (Lipinski definition) is 1. The first-order valence-electron chi connectivity index (χ1n) is 5.83. The molecule has 13 heteroatoms. The number of halogens is 5. The number of carbonyl (C=O) groups is 1. The third-order valence-corrected chi connectivity index (χ3v) is 6.02. The second-order valence-electron chi connectivity index (χ2n) is 4.16. The van der Waals surface area contributed by atoms with E-state index in [-0.39, 0.29) is 15.1 Å². The summed E-state index contributed by atoms with van der Waals surface area (Å²) in [5.41, 5.74) is 3.34. The van der Waals surface area contributed by atoms with E-state index in [2.05, 4.69) is 0 Å². The molecule has 0 radical (unpaired) electrons. The van der Waals surface area contributed by atoms with E-state index in [1.807, 2.05) is 0 Å². The molecule has 0 aliphatic heterocycles. The minimum atomic E-state index is -4.49. The fourth-order valence-electron chi connectivity index (χ4n) is 1.47. The molecule has 0 spiro atoms. The van der Waals surface area contributed by atoms with Gasteiger partial charge in [-0.1, -0.05) is 0 Å². The van der Waals surface area contributed by atoms with Gasteiger partial charge in [0.1, 0.15) is 6.54 Å². The standard InChI is InChI=1S/C11H8F5N3O3S2/c12-7-5(8(13)10(15)11(16)9(7)14)3-19(2-1-17)24(21,22)23-4-6(18)20/h2-4H2,(H2,18,20). The van der Waals surface area contributed by atoms with Gasteiger partial charge in [-0.25, -0.2) is 30.4 Å². The van der Waals surface area contributed by atoms with Crippen LogP contribution in [0, 0.1) is 40.4 Å². The smallest absolute Gasteiger partial charge is 0.269 e. The van der Waals surface area contributed by atoms with Crippen LogP contribution < -0.4 is 5.73 Å². The number of amides is 1. The molecule has 132 valence electrons. The Bertz CT molecular complexity index is 781. The Balaban J connectivity index is 3.29. The molecule has 0 aromatic heterocycles. The summed E-state index contributed by atoms with van der Waals surface area (Å²) in [4.78, 5) is 10.6. The van der Waals surface area contributed by atoms with Gasteiger partial charge in [-0.2, -0.15) is 9.57 Å². The molecule has 0 heterocycles. The number of carbonyl (C=O) groups excluding carboxylic acids is 1. The molecule has 6 nitrogen and oxygen atoms in total. The summed E-state index contributed by atoms with van der Waals surface area (Å²) in [5, 5.41) is 8.59. The predicted octanol–water partition coefficient (Wildman–Crippen LogP) is 1.17. The lowest BCUT2D eigenvalue weighted by Crippen LogP contribution is -2.31. The highest BCUT2D eigenvalue weighted by molar-refractivity contribution is 8.71. The largest absolute Gasteiger partial charge is 0.369 e. The number of nitriles is 1. The van der Waals surface area contributed by atoms with Crippen molar-refractivity contribution in [1.29, 1.82) is 5.26 Å². The van der Waals surface area contributed by atoms with E-state index in [0.717, 1.165) is 0 Å². The van der Waals surface area contributed by atoms with Crippen LogP contribution in [0.3, 0.4) is 0 Å². The molecule has 1 amide bonds. The highest BCUT2D eigenvalue weighted by Crippen LogP contribution is 2.27. The van der Waals surface area contributed by atoms with Crippen molar-refractivity contribution in [3.63, 3.8) is 0 Å². The van der Waals surface area contributed by atoms with E-state index in [1.165, 1.54) is 6.07 Å². The van der Waals surface area contributed by atoms with Crippen LogP contribution in [0.4, 0.5) is 22.0 Å². The predicted molar refractivity (Wildman–Crippen MR) is 72.8 cm³/mol. The first-order chi connectivity index (χ1) is 11.0. The molecule has 0 atom stereocenters. The number of benzene rings is 1. The van der Waals surface area contributed by atoms with Gasteiger partial charge in [-0.3, -0.25) is 4.79 Å². The first kappa shape index (κ1) is 20.1. The van der Waals surface area contributed by atoms with E-state index in [0.29, 0.717) is 0 Å². The Morgan fingerprint density at radius 2 is 1.54 bits per heavy atom. The molecule has 2 N–H and O–H groups in total. The van der Waals surface area contributed by atoms with Gasteiger partial charge in [-0.05, 0) is 10.8 Å². The molecule has 0 bridgehead atoms. The molecule has 1 rings (SSSR count). The average Bonchev–Trinajstić information content (AvgIpc) is 2.52. The summed E-state index contributed by atoms with van der Waals surface area (Å²) in [6.45, 7) is -2.25. The zero-order chi connectivity index (χ0) is 18.7. The van der Waals surface area contributed by atoms with Gasteiger partial charge >= 0.3 is 0 Å². The van der Waals surface area contributed by atoms with E-state index in [4.69, 9.17) is 11.0 Å². The minimum absolute atomic E-state index is 0.0566. The molecule has 0 fully saturated rings. The Hall–Kier alpha value is -1.91. The summed E-state index contributed by atoms with van der Waals surface area (Å²) >= 11 is 0. The van der Waals surface area contributed by atoms with Crippen molar-refractivity contribution in [2.24, 2.45) is 5.73 Å². The zero-order valence-electron chi connectivity index (χ0n) is 11.5. The number of nitrogens with zero attached hydrogens (tertiary/aromatic N) is 2. The highest BCUT2D eigenvalue weighted by atomic mass is 33.1. The molecule has 1 aromatic carbocycles. The maximum atomic E-state index is 13.6. The monoisotopic (exact) mass is 389 g/mol. The van der Waals surface area contributed by atoms with E-state index in [9.17, 15) is 35.2 Å². The van der Waals surface area contributed by atoms with Gasteiger partial charge in [0, 0.05) is 12.1 Å². The lowest BCUT2D eigenvalue weighted by molar-refractivity contribution is -0.115. The first-order valence-corrected chi connectivity index (χ1v) is 8.77. The van der Waals surface area contributed by atoms with Crippen molar-refractivity contribution in [1.82, 2.24) is 4.31 Å². The van der Waals surface area contributed by atoms with E-state index in [1.54, 1.807) is 0 Å². The third-order valence-electron chi connectivity index (χ3n) is 2.55. The molecule has 0 aliphatic rings. The van der Waals surface area contributed by atoms with Gasteiger partial charge < -0.3 is 5.73 Å². The van der Waals surface area contributed by atoms with E-state index >= 15 is 0 Å². The highest BCUT2D eigenvalue weighted by Gasteiger charge is 2.31. The van der Waals surface area contributed by atoms with Gasteiger partial charge in [0.2, 0.25) is 11.7 Å². The molecule has 0 saturated carbocycles. The quantitative estimate of drug-likeness (QED) is 0.248. The minimum Gasteiger partial charge on any atom is -0.369 e. The zero-order valence-corrected chi connectivity index (χ0v) is 13.2. The van der Waals surface area contributed by atoms with Crippen LogP contribution in [-0.4, -0.2) is 30.9 Å². The van der Waals surface area contributed by atoms with Crippen LogP contribution in [0.5, 0.6) is 0 Å². The van der Waals surface area contributed by atoms with Gasteiger partial charge in [0.25, 0.3) is 9.06 Å². The summed E-state index contributed by atoms with van der Waals surface area (Å²) < 4.78 is 90.4. The molecule has 0 aliphatic carbocycles. The lowest BCUT2D eigenvalue weighted by Gasteiger charge is -2.19. The fraction of sp³-hybridized carbons (Fsp3) is 0.273. The van der Waals surface area contributed by atoms with Crippen molar-refractivity contribution in [2.45, 2.75) is 6.54 Å². The van der Waals surface area contributed by atoms with Crippen molar-refractivity contribution >= 4 is 25.8 Å². The summed E-state index contributed by atoms with van der Waals surface area (Å²) in [7, 11) is -4.55. The second-order valence-corrected chi connectivity index (χ2v) is 8.03. The van der Waals surface area contributed by atoms with Gasteiger partial charge in [0.05, 0.1) is 11.8 Å². The van der Waals surface area contributed by atoms with E-state index < -0.39 is 68.5 Å². The van der Waals surface area contributed by atoms with Crippen LogP contribution >= 0.6 is 10.8 Å². The van der Waals surface area contributed by atoms with Crippen LogP contribution in [0.2, 0.25) is 0 Å². The number of nitrogens with two attached hydrogens (primary N) is 1. The maximum absolute atomic E-state index is 13.6. The summed E-state index contributed by atoms with van der Waals surface area (Å²) in [6, 6.07) is 1.37. The van der Waals surface area contributed by atoms with Gasteiger partial charge in [-0.15, -0.1) is 0 Å². The third kappa shape index (κ3) is 4.34. The molecular weight excluding hydrogens is 381 g/mol. The van der Waals surface area contributed by atoms with Crippen molar-refractivity contribution < 1.29 is 35.2 Å². The molecule has 0 unspecified atom stereocenters. The molecule has 0 saturated heterocycles.